The number of nitrogens with zero attached hydrogens (tertiary/aromatic N) is 2. The summed E-state index contributed by atoms with van der Waals surface area (Å²) >= 11 is 0. The molecule has 11 heavy (non-hydrogen) atoms. The summed E-state index contributed by atoms with van der Waals surface area (Å²) in [4.78, 5) is 0.699. The molecule has 0 saturated carbocycles. The number of hydrogen-bond acceptors (Lipinski definition) is 2. The minimum absolute atomic E-state index is 0.501. The quantitative estimate of drug-likeness (QED) is 0.428. The second kappa shape index (κ2) is 1.88. The van der Waals surface area contributed by atoms with E-state index >= 15 is 0 Å². The van der Waals surface area contributed by atoms with Crippen LogP contribution in [-0.2, 0) is 0 Å². The van der Waals surface area contributed by atoms with Crippen LogP contribution in [-0.4, -0.2) is 4.52 Å². The molecule has 4 heteroatoms. The average Bonchev–Trinajstić information content (AvgIpc) is 2.30. The highest BCUT2D eigenvalue weighted by Crippen LogP contribution is 2.08. The van der Waals surface area contributed by atoms with Crippen LogP contribution in [0.15, 0.2) is 30.6 Å². The predicted molar refractivity (Wildman–Crippen MR) is 40.8 cm³/mol. The number of nitrogens with two attached hydrogens (primary N) is 1. The van der Waals surface area contributed by atoms with Crippen molar-refractivity contribution in [3.63, 3.8) is 0 Å². The zero-order chi connectivity index (χ0) is 7.84. The molecule has 0 radical (unpaired) electrons. The van der Waals surface area contributed by atoms with E-state index in [2.05, 4.69) is 0 Å². The van der Waals surface area contributed by atoms with Gasteiger partial charge in [0.25, 0.3) is 0 Å². The average molecular weight is 149 g/mol. The number of nitrogen functional groups attached to an aromatic ring is 1. The van der Waals surface area contributed by atoms with E-state index < -0.39 is 0 Å². The molecule has 0 spiro atoms. The van der Waals surface area contributed by atoms with Crippen molar-refractivity contribution in [3.8, 4) is 0 Å². The summed E-state index contributed by atoms with van der Waals surface area (Å²) in [5, 5.41) is 11.0. The van der Waals surface area contributed by atoms with Crippen molar-refractivity contribution in [2.45, 2.75) is 0 Å². The maximum absolute atomic E-state index is 11.0. The third-order valence-electron chi connectivity index (χ3n) is 1.60. The first-order valence-electron chi connectivity index (χ1n) is 3.24. The van der Waals surface area contributed by atoms with E-state index in [1.807, 2.05) is 6.07 Å². The SMILES string of the molecule is Nc1c[n+]([O-])n2ccccc12. The Hall–Kier alpha value is -1.71. The highest BCUT2D eigenvalue weighted by atomic mass is 16.5. The van der Waals surface area contributed by atoms with Gasteiger partial charge in [-0.15, -0.1) is 4.52 Å². The Kier molecular flexibility index (Phi) is 1.03. The molecule has 0 bridgehead atoms. The van der Waals surface area contributed by atoms with E-state index in [0.717, 1.165) is 5.52 Å². The summed E-state index contributed by atoms with van der Waals surface area (Å²) in [6.45, 7) is 0. The Balaban J connectivity index is 2.95. The fourth-order valence-electron chi connectivity index (χ4n) is 1.08. The van der Waals surface area contributed by atoms with Crippen LogP contribution in [0.25, 0.3) is 5.52 Å². The Morgan fingerprint density at radius 2 is 2.27 bits per heavy atom. The number of fused-ring (bicyclic) bond motifs is 1. The first-order chi connectivity index (χ1) is 5.29. The third kappa shape index (κ3) is 0.724. The summed E-state index contributed by atoms with van der Waals surface area (Å²) in [5.41, 5.74) is 6.77. The van der Waals surface area contributed by atoms with Gasteiger partial charge in [0.1, 0.15) is 11.2 Å². The lowest BCUT2D eigenvalue weighted by atomic mass is 10.4. The Morgan fingerprint density at radius 1 is 1.45 bits per heavy atom. The molecule has 2 aromatic heterocycles. The van der Waals surface area contributed by atoms with Crippen molar-refractivity contribution in [2.75, 3.05) is 5.73 Å². The van der Waals surface area contributed by atoms with E-state index in [4.69, 9.17) is 5.73 Å². The molecule has 0 unspecified atom stereocenters. The smallest absolute Gasteiger partial charge is 0.233 e. The normalized spacial score (nSPS) is 10.5. The molecule has 2 aromatic rings. The molecule has 0 aliphatic heterocycles. The Labute approximate surface area is 63.0 Å². The van der Waals surface area contributed by atoms with Crippen molar-refractivity contribution < 1.29 is 4.85 Å². The zero-order valence-electron chi connectivity index (χ0n) is 5.77. The molecule has 2 N–H and O–H groups in total. The molecule has 0 fully saturated rings. The number of aromatic nitrogens is 2. The molecule has 4 nitrogen and oxygen atoms in total. The van der Waals surface area contributed by atoms with E-state index in [1.54, 1.807) is 18.3 Å². The molecule has 2 heterocycles. The topological polar surface area (TPSA) is 57.4 Å². The molecule has 0 aliphatic rings. The Bertz CT molecular complexity index is 357. The molecule has 0 atom stereocenters. The predicted octanol–water partition coefficient (Wildman–Crippen LogP) is 0.155. The second-order valence-corrected chi connectivity index (χ2v) is 2.32. The molecular weight excluding hydrogens is 142 g/mol. The van der Waals surface area contributed by atoms with Crippen molar-refractivity contribution in [1.29, 1.82) is 0 Å². The summed E-state index contributed by atoms with van der Waals surface area (Å²) in [6.07, 6.45) is 3.01. The van der Waals surface area contributed by atoms with E-state index in [-0.39, 0.29) is 0 Å². The number of pyridine rings is 1. The molecule has 0 aliphatic carbocycles. The van der Waals surface area contributed by atoms with Crippen molar-refractivity contribution in [1.82, 2.24) is 4.52 Å². The molecule has 0 saturated heterocycles. The van der Waals surface area contributed by atoms with Gasteiger partial charge in [0.15, 0.2) is 0 Å². The van der Waals surface area contributed by atoms with E-state index in [9.17, 15) is 5.21 Å². The van der Waals surface area contributed by atoms with Crippen LogP contribution in [0.3, 0.4) is 0 Å². The lowest BCUT2D eigenvalue weighted by Crippen LogP contribution is -2.31. The first-order valence-corrected chi connectivity index (χ1v) is 3.24. The van der Waals surface area contributed by atoms with Gasteiger partial charge in [0.2, 0.25) is 6.20 Å². The third-order valence-corrected chi connectivity index (χ3v) is 1.60. The van der Waals surface area contributed by atoms with Crippen molar-refractivity contribution in [2.24, 2.45) is 0 Å². The van der Waals surface area contributed by atoms with Crippen LogP contribution in [0, 0.1) is 5.21 Å². The van der Waals surface area contributed by atoms with Gasteiger partial charge in [-0.25, -0.2) is 0 Å². The van der Waals surface area contributed by atoms with E-state index in [1.165, 1.54) is 10.7 Å². The van der Waals surface area contributed by atoms with Crippen molar-refractivity contribution in [3.05, 3.63) is 35.8 Å². The van der Waals surface area contributed by atoms with Crippen LogP contribution in [0.1, 0.15) is 0 Å². The van der Waals surface area contributed by atoms with Gasteiger partial charge in [-0.05, 0) is 12.1 Å². The highest BCUT2D eigenvalue weighted by molar-refractivity contribution is 5.66. The maximum atomic E-state index is 11.0. The summed E-state index contributed by atoms with van der Waals surface area (Å²) < 4.78 is 1.44. The first kappa shape index (κ1) is 6.03. The van der Waals surface area contributed by atoms with Gasteiger partial charge in [0, 0.05) is 0 Å². The largest absolute Gasteiger partial charge is 0.596 e. The molecular formula is C7H7N3O. The number of anilines is 1. The monoisotopic (exact) mass is 149 g/mol. The maximum Gasteiger partial charge on any atom is 0.233 e. The number of hydrogen-bond donors (Lipinski definition) is 1. The fourth-order valence-corrected chi connectivity index (χ4v) is 1.08. The summed E-state index contributed by atoms with van der Waals surface area (Å²) in [7, 11) is 0. The van der Waals surface area contributed by atoms with Crippen LogP contribution < -0.4 is 10.6 Å². The number of rotatable bonds is 0. The Morgan fingerprint density at radius 3 is 3.00 bits per heavy atom. The van der Waals surface area contributed by atoms with Gasteiger partial charge >= 0.3 is 0 Å². The van der Waals surface area contributed by atoms with Crippen molar-refractivity contribution >= 4 is 11.2 Å². The van der Waals surface area contributed by atoms with Crippen LogP contribution in [0.4, 0.5) is 5.69 Å². The highest BCUT2D eigenvalue weighted by Gasteiger charge is 2.05. The molecule has 0 aromatic carbocycles. The van der Waals surface area contributed by atoms with Gasteiger partial charge in [-0.1, -0.05) is 10.9 Å². The molecule has 56 valence electrons. The summed E-state index contributed by atoms with van der Waals surface area (Å²) in [5.74, 6) is 0. The zero-order valence-corrected chi connectivity index (χ0v) is 5.77. The standard InChI is InChI=1S/C7H7N3O/c8-6-5-10(11)9-4-2-1-3-7(6)9/h1-5H,8H2. The minimum Gasteiger partial charge on any atom is -0.596 e. The van der Waals surface area contributed by atoms with Crippen LogP contribution >= 0.6 is 0 Å². The van der Waals surface area contributed by atoms with Crippen LogP contribution in [0.5, 0.6) is 0 Å². The van der Waals surface area contributed by atoms with E-state index in [0.29, 0.717) is 10.5 Å². The second-order valence-electron chi connectivity index (χ2n) is 2.32. The lowest BCUT2D eigenvalue weighted by molar-refractivity contribution is -0.676. The van der Waals surface area contributed by atoms with Crippen LogP contribution in [0.2, 0.25) is 0 Å². The molecule has 2 rings (SSSR count). The summed E-state index contributed by atoms with van der Waals surface area (Å²) in [6, 6.07) is 5.41. The molecule has 0 amide bonds. The van der Waals surface area contributed by atoms with Gasteiger partial charge in [-0.3, -0.25) is 0 Å². The lowest BCUT2D eigenvalue weighted by Gasteiger charge is -1.92. The van der Waals surface area contributed by atoms with Gasteiger partial charge in [0.05, 0.1) is 6.20 Å². The van der Waals surface area contributed by atoms with Gasteiger partial charge in [-0.2, -0.15) is 0 Å². The minimum atomic E-state index is 0.501. The fraction of sp³-hybridized carbons (Fsp3) is 0. The van der Waals surface area contributed by atoms with Gasteiger partial charge < -0.3 is 10.9 Å².